The first-order valence-electron chi connectivity index (χ1n) is 9.11. The van der Waals surface area contributed by atoms with Gasteiger partial charge in [0.05, 0.1) is 6.61 Å². The predicted octanol–water partition coefficient (Wildman–Crippen LogP) is 5.56. The second kappa shape index (κ2) is 8.59. The second-order valence-electron chi connectivity index (χ2n) is 7.34. The average Bonchev–Trinajstić information content (AvgIpc) is 2.67. The zero-order chi connectivity index (χ0) is 19.3. The van der Waals surface area contributed by atoms with Gasteiger partial charge in [-0.05, 0) is 32.2 Å². The van der Waals surface area contributed by atoms with E-state index in [2.05, 4.69) is 22.6 Å². The van der Waals surface area contributed by atoms with Gasteiger partial charge in [0.25, 0.3) is 0 Å². The lowest BCUT2D eigenvalue weighted by Crippen LogP contribution is -2.27. The Morgan fingerprint density at radius 1 is 0.926 bits per heavy atom. The summed E-state index contributed by atoms with van der Waals surface area (Å²) in [7, 11) is 0. The van der Waals surface area contributed by atoms with E-state index in [9.17, 15) is 4.55 Å². The largest absolute Gasteiger partial charge is 0.591 e. The molecule has 0 radical (unpaired) electrons. The molecule has 0 aliphatic heterocycles. The van der Waals surface area contributed by atoms with Crippen molar-refractivity contribution < 1.29 is 9.29 Å². The molecule has 0 aliphatic rings. The van der Waals surface area contributed by atoms with Gasteiger partial charge in [-0.25, -0.2) is 0 Å². The average molecular weight is 380 g/mol. The van der Waals surface area contributed by atoms with Gasteiger partial charge in [-0.1, -0.05) is 71.1 Å². The molecule has 1 unspecified atom stereocenters. The van der Waals surface area contributed by atoms with E-state index < -0.39 is 16.1 Å². The van der Waals surface area contributed by atoms with Crippen molar-refractivity contribution in [3.63, 3.8) is 0 Å². The maximum Gasteiger partial charge on any atom is 0.144 e. The number of benzene rings is 3. The molecule has 3 aromatic rings. The molecule has 0 saturated heterocycles. The maximum atomic E-state index is 12.5. The van der Waals surface area contributed by atoms with E-state index in [-0.39, 0.29) is 0 Å². The van der Waals surface area contributed by atoms with Gasteiger partial charge >= 0.3 is 0 Å². The summed E-state index contributed by atoms with van der Waals surface area (Å²) < 4.78 is 22.7. The first-order valence-corrected chi connectivity index (χ1v) is 10.2. The van der Waals surface area contributed by atoms with E-state index in [1.54, 1.807) is 0 Å². The van der Waals surface area contributed by atoms with E-state index >= 15 is 0 Å². The molecule has 0 bridgehead atoms. The Morgan fingerprint density at radius 3 is 2.33 bits per heavy atom. The van der Waals surface area contributed by atoms with Crippen LogP contribution in [-0.2, 0) is 11.4 Å². The second-order valence-corrected chi connectivity index (χ2v) is 9.25. The fourth-order valence-corrected chi connectivity index (χ4v) is 3.36. The van der Waals surface area contributed by atoms with E-state index in [1.807, 2.05) is 75.4 Å². The van der Waals surface area contributed by atoms with Crippen LogP contribution in [-0.4, -0.2) is 21.6 Å². The van der Waals surface area contributed by atoms with E-state index in [1.165, 1.54) is 0 Å². The molecule has 27 heavy (non-hydrogen) atoms. The number of ether oxygens (including phenoxy) is 1. The minimum Gasteiger partial charge on any atom is -0.591 e. The highest BCUT2D eigenvalue weighted by Crippen LogP contribution is 2.25. The van der Waals surface area contributed by atoms with Crippen molar-refractivity contribution in [2.45, 2.75) is 31.9 Å². The lowest BCUT2D eigenvalue weighted by atomic mass is 10.1. The molecule has 1 atom stereocenters. The van der Waals surface area contributed by atoms with Crippen LogP contribution in [0.15, 0.2) is 77.2 Å². The van der Waals surface area contributed by atoms with Gasteiger partial charge in [0.2, 0.25) is 0 Å². The van der Waals surface area contributed by atoms with Gasteiger partial charge in [-0.3, -0.25) is 0 Å². The van der Waals surface area contributed by atoms with Crippen molar-refractivity contribution in [2.24, 2.45) is 4.40 Å². The summed E-state index contributed by atoms with van der Waals surface area (Å²) >= 11 is -1.31. The van der Waals surface area contributed by atoms with Crippen LogP contribution in [0, 0.1) is 0 Å². The molecule has 0 N–H and O–H groups in total. The summed E-state index contributed by atoms with van der Waals surface area (Å²) in [6.45, 7) is 6.27. The molecule has 0 aliphatic carbocycles. The number of hydrogen-bond acceptors (Lipinski definition) is 3. The third kappa shape index (κ3) is 5.12. The van der Waals surface area contributed by atoms with Gasteiger partial charge in [0.1, 0.15) is 27.6 Å². The van der Waals surface area contributed by atoms with Crippen molar-refractivity contribution in [3.8, 4) is 5.75 Å². The summed E-state index contributed by atoms with van der Waals surface area (Å²) in [5, 5.41) is 2.25. The summed E-state index contributed by atoms with van der Waals surface area (Å²) in [5.74, 6) is 0.859. The molecule has 3 nitrogen and oxygen atoms in total. The number of nitrogens with zero attached hydrogens (tertiary/aromatic N) is 1. The van der Waals surface area contributed by atoms with Crippen LogP contribution in [0.1, 0.15) is 32.8 Å². The number of hydrogen-bond donors (Lipinski definition) is 0. The highest BCUT2D eigenvalue weighted by molar-refractivity contribution is 7.91. The lowest BCUT2D eigenvalue weighted by Gasteiger charge is -2.19. The van der Waals surface area contributed by atoms with Gasteiger partial charge in [-0.15, -0.1) is 0 Å². The van der Waals surface area contributed by atoms with Crippen LogP contribution in [0.4, 0.5) is 0 Å². The third-order valence-electron chi connectivity index (χ3n) is 4.17. The highest BCUT2D eigenvalue weighted by Gasteiger charge is 2.27. The first kappa shape index (κ1) is 19.5. The number of rotatable bonds is 6. The minimum absolute atomic E-state index is 0.392. The maximum absolute atomic E-state index is 12.5. The van der Waals surface area contributed by atoms with Crippen molar-refractivity contribution >= 4 is 27.8 Å². The fraction of sp³-hybridized carbons (Fsp3) is 0.261. The topological polar surface area (TPSA) is 44.7 Å². The minimum atomic E-state index is -1.31. The molecule has 0 fully saturated rings. The van der Waals surface area contributed by atoms with E-state index in [0.717, 1.165) is 27.8 Å². The molecule has 0 aromatic heterocycles. The Morgan fingerprint density at radius 2 is 1.59 bits per heavy atom. The Labute approximate surface area is 164 Å². The molecular formula is C23H25NO2S. The van der Waals surface area contributed by atoms with Crippen molar-refractivity contribution in [2.75, 3.05) is 6.61 Å². The molecular weight excluding hydrogens is 354 g/mol. The van der Waals surface area contributed by atoms with Gasteiger partial charge in [-0.2, -0.15) is 0 Å². The smallest absolute Gasteiger partial charge is 0.144 e. The van der Waals surface area contributed by atoms with Crippen molar-refractivity contribution in [1.29, 1.82) is 0 Å². The Balaban J connectivity index is 1.78. The van der Waals surface area contributed by atoms with Crippen LogP contribution in [0.3, 0.4) is 0 Å². The van der Waals surface area contributed by atoms with Crippen LogP contribution in [0.5, 0.6) is 5.75 Å². The van der Waals surface area contributed by atoms with Crippen LogP contribution < -0.4 is 4.74 Å². The SMILES string of the molecule is CC(C)(C)[S+]([O-])N=C(CCOc1cccc2ccccc12)c1ccccc1. The summed E-state index contributed by atoms with van der Waals surface area (Å²) in [4.78, 5) is 0. The van der Waals surface area contributed by atoms with Crippen LogP contribution >= 0.6 is 0 Å². The molecule has 0 saturated carbocycles. The zero-order valence-corrected chi connectivity index (χ0v) is 16.8. The lowest BCUT2D eigenvalue weighted by molar-refractivity contribution is 0.333. The van der Waals surface area contributed by atoms with Crippen LogP contribution in [0.2, 0.25) is 0 Å². The standard InChI is InChI=1S/C23H25NO2S/c1-23(2,3)27(25)24-21(19-11-5-4-6-12-19)16-17-26-22-15-9-13-18-10-7-8-14-20(18)22/h4-15H,16-17H2,1-3H3. The molecule has 0 amide bonds. The molecule has 140 valence electrons. The molecule has 3 aromatic carbocycles. The summed E-state index contributed by atoms with van der Waals surface area (Å²) in [6, 6.07) is 24.1. The summed E-state index contributed by atoms with van der Waals surface area (Å²) in [6.07, 6.45) is 0.592. The van der Waals surface area contributed by atoms with Crippen molar-refractivity contribution in [1.82, 2.24) is 0 Å². The van der Waals surface area contributed by atoms with Gasteiger partial charge in [0.15, 0.2) is 0 Å². The first-order chi connectivity index (χ1) is 12.9. The monoisotopic (exact) mass is 379 g/mol. The highest BCUT2D eigenvalue weighted by atomic mass is 32.2. The van der Waals surface area contributed by atoms with E-state index in [0.29, 0.717) is 13.0 Å². The number of fused-ring (bicyclic) bond motifs is 1. The van der Waals surface area contributed by atoms with Gasteiger partial charge in [0, 0.05) is 17.4 Å². The molecule has 0 heterocycles. The fourth-order valence-electron chi connectivity index (χ4n) is 2.69. The van der Waals surface area contributed by atoms with E-state index in [4.69, 9.17) is 4.74 Å². The van der Waals surface area contributed by atoms with Crippen molar-refractivity contribution in [3.05, 3.63) is 78.4 Å². The van der Waals surface area contributed by atoms with Gasteiger partial charge < -0.3 is 9.29 Å². The predicted molar refractivity (Wildman–Crippen MR) is 115 cm³/mol. The normalized spacial score (nSPS) is 13.6. The quantitative estimate of drug-likeness (QED) is 0.416. The van der Waals surface area contributed by atoms with Crippen LogP contribution in [0.25, 0.3) is 10.8 Å². The molecule has 3 rings (SSSR count). The Bertz CT molecular complexity index is 911. The molecule has 4 heteroatoms. The Kier molecular flexibility index (Phi) is 6.19. The Hall–Kier alpha value is -2.30. The zero-order valence-electron chi connectivity index (χ0n) is 16.0. The molecule has 0 spiro atoms. The third-order valence-corrected chi connectivity index (χ3v) is 5.60. The summed E-state index contributed by atoms with van der Waals surface area (Å²) in [5.41, 5.74) is 1.79.